The average Bonchev–Trinajstić information content (AvgIpc) is 3.01. The predicted octanol–water partition coefficient (Wildman–Crippen LogP) is 1.16. The summed E-state index contributed by atoms with van der Waals surface area (Å²) >= 11 is 0. The van der Waals surface area contributed by atoms with Crippen molar-refractivity contribution in [3.63, 3.8) is 0 Å². The number of nitrogens with two attached hydrogens (primary N) is 2. The largest absolute Gasteiger partial charge is 0.393 e. The molecule has 0 atom stereocenters. The van der Waals surface area contributed by atoms with Gasteiger partial charge in [-0.25, -0.2) is 18.7 Å². The van der Waals surface area contributed by atoms with Crippen LogP contribution in [0.15, 0.2) is 82.4 Å². The minimum absolute atomic E-state index is 0.0191. The zero-order chi connectivity index (χ0) is 30.5. The number of carbonyl (C=O) groups is 2. The topological polar surface area (TPSA) is 170 Å². The van der Waals surface area contributed by atoms with E-state index in [4.69, 9.17) is 11.5 Å². The van der Waals surface area contributed by atoms with Gasteiger partial charge in [0.2, 0.25) is 0 Å². The lowest BCUT2D eigenvalue weighted by Crippen LogP contribution is -2.45. The molecule has 12 nitrogen and oxygen atoms in total. The summed E-state index contributed by atoms with van der Waals surface area (Å²) in [6.45, 7) is 1.15. The molecule has 43 heavy (non-hydrogen) atoms. The lowest BCUT2D eigenvalue weighted by atomic mass is 9.90. The number of nitrogens with one attached hydrogen (secondary N) is 2. The van der Waals surface area contributed by atoms with Crippen LogP contribution < -0.4 is 33.3 Å². The lowest BCUT2D eigenvalue weighted by Gasteiger charge is -2.30. The maximum Gasteiger partial charge on any atom is 0.337 e. The number of hydrogen-bond acceptors (Lipinski definition) is 8. The fourth-order valence-corrected chi connectivity index (χ4v) is 5.37. The van der Waals surface area contributed by atoms with Crippen LogP contribution in [0.3, 0.4) is 0 Å². The number of rotatable bonds is 8. The summed E-state index contributed by atoms with van der Waals surface area (Å²) in [5.74, 6) is -1.49. The van der Waals surface area contributed by atoms with E-state index in [0.29, 0.717) is 37.9 Å². The molecule has 1 aliphatic carbocycles. The first-order valence-electron chi connectivity index (χ1n) is 14.1. The standard InChI is InChI=1S/C30H33FN8O4/c31-20-16-24-26(35-17-20)38(23-6-4-5-19(15-23)27(40)34-12-11-32)30(43)39(29(24)42)22-9-7-21(8-10-22)36-28(41)25(33)18-37-13-2-1-3-14-37/h1-6,13,15-18,21-22H,7-12,14,32-33H2,(H,34,40)(H,36,41)/b25-18-. The molecule has 0 radical (unpaired) electrons. The second kappa shape index (κ2) is 12.9. The number of benzene rings is 1. The van der Waals surface area contributed by atoms with Crippen molar-refractivity contribution in [1.82, 2.24) is 29.7 Å². The average molecular weight is 589 g/mol. The summed E-state index contributed by atoms with van der Waals surface area (Å²) < 4.78 is 16.6. The second-order valence-electron chi connectivity index (χ2n) is 10.4. The van der Waals surface area contributed by atoms with Crippen molar-refractivity contribution >= 4 is 22.8 Å². The number of carbonyl (C=O) groups excluding carboxylic acids is 2. The molecule has 5 rings (SSSR count). The van der Waals surface area contributed by atoms with E-state index in [-0.39, 0.29) is 47.3 Å². The van der Waals surface area contributed by atoms with Gasteiger partial charge in [-0.1, -0.05) is 18.2 Å². The minimum Gasteiger partial charge on any atom is -0.393 e. The van der Waals surface area contributed by atoms with Gasteiger partial charge in [0, 0.05) is 49.7 Å². The molecular weight excluding hydrogens is 555 g/mol. The first kappa shape index (κ1) is 29.5. The molecule has 0 bridgehead atoms. The molecule has 6 N–H and O–H groups in total. The van der Waals surface area contributed by atoms with E-state index in [0.717, 1.165) is 16.8 Å². The molecule has 0 unspecified atom stereocenters. The van der Waals surface area contributed by atoms with Gasteiger partial charge in [-0.05, 0) is 56.0 Å². The molecule has 1 fully saturated rings. The smallest absolute Gasteiger partial charge is 0.337 e. The molecular formula is C30H33FN8O4. The number of amides is 2. The number of nitrogens with zero attached hydrogens (tertiary/aromatic N) is 4. The van der Waals surface area contributed by atoms with E-state index in [1.54, 1.807) is 29.3 Å². The lowest BCUT2D eigenvalue weighted by molar-refractivity contribution is -0.118. The van der Waals surface area contributed by atoms with Gasteiger partial charge in [-0.15, -0.1) is 0 Å². The van der Waals surface area contributed by atoms with Crippen LogP contribution >= 0.6 is 0 Å². The molecule has 2 amide bonds. The molecule has 0 spiro atoms. The van der Waals surface area contributed by atoms with Gasteiger partial charge < -0.3 is 27.0 Å². The number of fused-ring (bicyclic) bond motifs is 1. The molecule has 2 aromatic heterocycles. The van der Waals surface area contributed by atoms with Crippen LogP contribution in [0.1, 0.15) is 42.1 Å². The van der Waals surface area contributed by atoms with Gasteiger partial charge in [0.25, 0.3) is 17.4 Å². The van der Waals surface area contributed by atoms with E-state index < -0.39 is 29.0 Å². The Morgan fingerprint density at radius 1 is 1.12 bits per heavy atom. The van der Waals surface area contributed by atoms with E-state index in [1.165, 1.54) is 10.6 Å². The Kier molecular flexibility index (Phi) is 8.81. The Balaban J connectivity index is 1.42. The minimum atomic E-state index is -0.718. The number of allylic oxidation sites excluding steroid dienone is 2. The van der Waals surface area contributed by atoms with Gasteiger partial charge >= 0.3 is 5.69 Å². The zero-order valence-electron chi connectivity index (χ0n) is 23.4. The summed E-state index contributed by atoms with van der Waals surface area (Å²) in [4.78, 5) is 58.7. The summed E-state index contributed by atoms with van der Waals surface area (Å²) in [6, 6.07) is 6.67. The first-order chi connectivity index (χ1) is 20.8. The Bertz CT molecular complexity index is 1750. The van der Waals surface area contributed by atoms with Crippen LogP contribution in [0.5, 0.6) is 0 Å². The van der Waals surface area contributed by atoms with Crippen LogP contribution in [0.4, 0.5) is 4.39 Å². The monoisotopic (exact) mass is 588 g/mol. The fraction of sp³-hybridized carbons (Fsp3) is 0.300. The fourth-order valence-electron chi connectivity index (χ4n) is 5.37. The van der Waals surface area contributed by atoms with Crippen LogP contribution in [-0.2, 0) is 4.79 Å². The van der Waals surface area contributed by atoms with Crippen molar-refractivity contribution in [3.8, 4) is 5.69 Å². The number of pyridine rings is 1. The van der Waals surface area contributed by atoms with Crippen molar-refractivity contribution in [2.24, 2.45) is 11.5 Å². The van der Waals surface area contributed by atoms with Gasteiger partial charge in [0.05, 0.1) is 17.3 Å². The highest BCUT2D eigenvalue weighted by Crippen LogP contribution is 2.27. The molecule has 224 valence electrons. The normalized spacial score (nSPS) is 18.6. The van der Waals surface area contributed by atoms with E-state index in [2.05, 4.69) is 15.6 Å². The quantitative estimate of drug-likeness (QED) is 0.284. The van der Waals surface area contributed by atoms with Gasteiger partial charge in [0.1, 0.15) is 11.5 Å². The summed E-state index contributed by atoms with van der Waals surface area (Å²) in [5.41, 5.74) is 10.8. The zero-order valence-corrected chi connectivity index (χ0v) is 23.4. The Hall–Kier alpha value is -5.04. The molecule has 3 heterocycles. The highest BCUT2D eigenvalue weighted by atomic mass is 19.1. The predicted molar refractivity (Wildman–Crippen MR) is 160 cm³/mol. The molecule has 1 aliphatic heterocycles. The third-order valence-corrected chi connectivity index (χ3v) is 7.49. The maximum absolute atomic E-state index is 14.3. The Labute approximate surface area is 246 Å². The van der Waals surface area contributed by atoms with E-state index >= 15 is 0 Å². The van der Waals surface area contributed by atoms with Crippen LogP contribution in [0.2, 0.25) is 0 Å². The van der Waals surface area contributed by atoms with Gasteiger partial charge in [-0.3, -0.25) is 19.0 Å². The Morgan fingerprint density at radius 3 is 2.63 bits per heavy atom. The SMILES string of the molecule is NCCNC(=O)c1cccc(-n2c(=O)n(C3CCC(NC(=O)/C(N)=C/N4C=CC=CC4)CC3)c(=O)c3cc(F)cnc32)c1. The highest BCUT2D eigenvalue weighted by Gasteiger charge is 2.28. The third-order valence-electron chi connectivity index (χ3n) is 7.49. The van der Waals surface area contributed by atoms with Crippen molar-refractivity contribution in [2.75, 3.05) is 19.6 Å². The van der Waals surface area contributed by atoms with Crippen LogP contribution in [0.25, 0.3) is 16.7 Å². The molecule has 1 aromatic carbocycles. The molecule has 3 aromatic rings. The van der Waals surface area contributed by atoms with Crippen molar-refractivity contribution in [2.45, 2.75) is 37.8 Å². The molecule has 0 saturated heterocycles. The van der Waals surface area contributed by atoms with Crippen molar-refractivity contribution < 1.29 is 14.0 Å². The second-order valence-corrected chi connectivity index (χ2v) is 10.4. The van der Waals surface area contributed by atoms with E-state index in [9.17, 15) is 23.6 Å². The van der Waals surface area contributed by atoms with Crippen LogP contribution in [0, 0.1) is 5.82 Å². The summed E-state index contributed by atoms with van der Waals surface area (Å²) in [7, 11) is 0. The summed E-state index contributed by atoms with van der Waals surface area (Å²) in [6.07, 6.45) is 11.8. The Morgan fingerprint density at radius 2 is 1.91 bits per heavy atom. The molecule has 2 aliphatic rings. The number of halogens is 1. The highest BCUT2D eigenvalue weighted by molar-refractivity contribution is 5.95. The number of aromatic nitrogens is 3. The van der Waals surface area contributed by atoms with Crippen molar-refractivity contribution in [3.05, 3.63) is 105 Å². The third kappa shape index (κ3) is 6.41. The molecule has 13 heteroatoms. The first-order valence-corrected chi connectivity index (χ1v) is 14.1. The van der Waals surface area contributed by atoms with Crippen molar-refractivity contribution in [1.29, 1.82) is 0 Å². The number of hydrogen-bond donors (Lipinski definition) is 4. The van der Waals surface area contributed by atoms with Gasteiger partial charge in [0.15, 0.2) is 5.65 Å². The maximum atomic E-state index is 14.3. The molecule has 1 saturated carbocycles. The van der Waals surface area contributed by atoms with Crippen LogP contribution in [-0.4, -0.2) is 56.5 Å². The summed E-state index contributed by atoms with van der Waals surface area (Å²) in [5, 5.41) is 5.56. The van der Waals surface area contributed by atoms with E-state index in [1.807, 2.05) is 24.4 Å². The van der Waals surface area contributed by atoms with Gasteiger partial charge in [-0.2, -0.15) is 0 Å².